The highest BCUT2D eigenvalue weighted by Crippen LogP contribution is 2.21. The molecule has 0 bridgehead atoms. The summed E-state index contributed by atoms with van der Waals surface area (Å²) in [5, 5.41) is 6.42. The first-order valence-corrected chi connectivity index (χ1v) is 8.87. The van der Waals surface area contributed by atoms with Gasteiger partial charge < -0.3 is 10.6 Å². The fourth-order valence-corrected chi connectivity index (χ4v) is 3.35. The minimum Gasteiger partial charge on any atom is -0.356 e. The predicted octanol–water partition coefficient (Wildman–Crippen LogP) is 3.47. The molecule has 0 radical (unpaired) electrons. The standard InChI is InChI=1S/C15H21BrN2OS.ClH/c16-13-3-5-14(6-4-13)20-9-7-15(19)18-11-12-2-1-8-17-10-12;/h3-6,12,17H,1-2,7-11H2,(H,18,19);1H. The van der Waals surface area contributed by atoms with Gasteiger partial charge in [-0.1, -0.05) is 15.9 Å². The van der Waals surface area contributed by atoms with Crippen LogP contribution in [0.5, 0.6) is 0 Å². The Balaban J connectivity index is 0.00000220. The number of halogens is 2. The molecule has 118 valence electrons. The van der Waals surface area contributed by atoms with Gasteiger partial charge in [-0.05, 0) is 56.1 Å². The van der Waals surface area contributed by atoms with Gasteiger partial charge in [0.05, 0.1) is 0 Å². The molecule has 1 aromatic rings. The van der Waals surface area contributed by atoms with Crippen LogP contribution in [0.1, 0.15) is 19.3 Å². The lowest BCUT2D eigenvalue weighted by Crippen LogP contribution is -2.38. The van der Waals surface area contributed by atoms with Crippen molar-refractivity contribution in [3.63, 3.8) is 0 Å². The molecule has 1 fully saturated rings. The quantitative estimate of drug-likeness (QED) is 0.727. The summed E-state index contributed by atoms with van der Waals surface area (Å²) in [4.78, 5) is 13.0. The first-order valence-electron chi connectivity index (χ1n) is 7.10. The Labute approximate surface area is 145 Å². The third-order valence-corrected chi connectivity index (χ3v) is 4.94. The molecular weight excluding hydrogens is 372 g/mol. The van der Waals surface area contributed by atoms with E-state index in [2.05, 4.69) is 38.7 Å². The molecule has 1 unspecified atom stereocenters. The molecule has 0 spiro atoms. The first-order chi connectivity index (χ1) is 9.74. The molecule has 1 saturated heterocycles. The topological polar surface area (TPSA) is 41.1 Å². The number of hydrogen-bond acceptors (Lipinski definition) is 3. The molecule has 2 N–H and O–H groups in total. The Bertz CT molecular complexity index is 424. The molecule has 0 saturated carbocycles. The number of amides is 1. The van der Waals surface area contributed by atoms with E-state index in [9.17, 15) is 4.79 Å². The van der Waals surface area contributed by atoms with E-state index in [1.54, 1.807) is 11.8 Å². The molecule has 0 aromatic heterocycles. The van der Waals surface area contributed by atoms with Crippen LogP contribution in [0.25, 0.3) is 0 Å². The summed E-state index contributed by atoms with van der Waals surface area (Å²) in [6.07, 6.45) is 3.03. The van der Waals surface area contributed by atoms with Gasteiger partial charge in [-0.3, -0.25) is 4.79 Å². The number of nitrogens with one attached hydrogen (secondary N) is 2. The maximum Gasteiger partial charge on any atom is 0.220 e. The van der Waals surface area contributed by atoms with Crippen LogP contribution in [0.2, 0.25) is 0 Å². The van der Waals surface area contributed by atoms with Gasteiger partial charge in [0.15, 0.2) is 0 Å². The zero-order valence-electron chi connectivity index (χ0n) is 11.9. The van der Waals surface area contributed by atoms with E-state index in [1.807, 2.05) is 12.1 Å². The maximum atomic E-state index is 11.8. The lowest BCUT2D eigenvalue weighted by atomic mass is 10.00. The average molecular weight is 394 g/mol. The summed E-state index contributed by atoms with van der Waals surface area (Å²) < 4.78 is 1.08. The lowest BCUT2D eigenvalue weighted by Gasteiger charge is -2.22. The number of benzene rings is 1. The van der Waals surface area contributed by atoms with Crippen molar-refractivity contribution in [3.8, 4) is 0 Å². The lowest BCUT2D eigenvalue weighted by molar-refractivity contribution is -0.120. The molecule has 1 aliphatic rings. The van der Waals surface area contributed by atoms with E-state index in [-0.39, 0.29) is 18.3 Å². The van der Waals surface area contributed by atoms with Crippen LogP contribution >= 0.6 is 40.1 Å². The van der Waals surface area contributed by atoms with Gasteiger partial charge in [0, 0.05) is 28.1 Å². The second-order valence-corrected chi connectivity index (χ2v) is 7.15. The first kappa shape index (κ1) is 18.8. The molecule has 21 heavy (non-hydrogen) atoms. The van der Waals surface area contributed by atoms with Gasteiger partial charge in [0.25, 0.3) is 0 Å². The van der Waals surface area contributed by atoms with Crippen molar-refractivity contribution < 1.29 is 4.79 Å². The summed E-state index contributed by atoms with van der Waals surface area (Å²) in [6.45, 7) is 2.97. The molecule has 6 heteroatoms. The molecule has 2 rings (SSSR count). The van der Waals surface area contributed by atoms with Crippen molar-refractivity contribution in [3.05, 3.63) is 28.7 Å². The van der Waals surface area contributed by atoms with Crippen molar-refractivity contribution in [1.29, 1.82) is 0 Å². The van der Waals surface area contributed by atoms with E-state index in [0.717, 1.165) is 29.9 Å². The third-order valence-electron chi connectivity index (χ3n) is 3.40. The molecular formula is C15H22BrClN2OS. The number of hydrogen-bond donors (Lipinski definition) is 2. The van der Waals surface area contributed by atoms with Gasteiger partial charge in [0.2, 0.25) is 5.91 Å². The van der Waals surface area contributed by atoms with Crippen LogP contribution in [-0.4, -0.2) is 31.3 Å². The van der Waals surface area contributed by atoms with Gasteiger partial charge >= 0.3 is 0 Å². The van der Waals surface area contributed by atoms with Crippen molar-refractivity contribution in [2.24, 2.45) is 5.92 Å². The molecule has 1 heterocycles. The zero-order chi connectivity index (χ0) is 14.2. The fourth-order valence-electron chi connectivity index (χ4n) is 2.24. The number of thioether (sulfide) groups is 1. The highest BCUT2D eigenvalue weighted by Gasteiger charge is 2.13. The van der Waals surface area contributed by atoms with E-state index in [4.69, 9.17) is 0 Å². The Kier molecular flexibility index (Phi) is 9.40. The Hall–Kier alpha value is -0.230. The minimum absolute atomic E-state index is 0. The summed E-state index contributed by atoms with van der Waals surface area (Å²) in [7, 11) is 0. The molecule has 3 nitrogen and oxygen atoms in total. The highest BCUT2D eigenvalue weighted by molar-refractivity contribution is 9.10. The van der Waals surface area contributed by atoms with Crippen molar-refractivity contribution >= 4 is 46.0 Å². The van der Waals surface area contributed by atoms with Gasteiger partial charge in [-0.25, -0.2) is 0 Å². The van der Waals surface area contributed by atoms with Gasteiger partial charge in [-0.15, -0.1) is 24.2 Å². The van der Waals surface area contributed by atoms with Gasteiger partial charge in [0.1, 0.15) is 0 Å². The Morgan fingerprint density at radius 2 is 2.14 bits per heavy atom. The third kappa shape index (κ3) is 7.54. The van der Waals surface area contributed by atoms with Crippen LogP contribution in [0.3, 0.4) is 0 Å². The number of rotatable bonds is 6. The van der Waals surface area contributed by atoms with E-state index in [0.29, 0.717) is 12.3 Å². The SMILES string of the molecule is Cl.O=C(CCSc1ccc(Br)cc1)NCC1CCCNC1. The van der Waals surface area contributed by atoms with Crippen LogP contribution in [-0.2, 0) is 4.79 Å². The summed E-state index contributed by atoms with van der Waals surface area (Å²) in [5.41, 5.74) is 0. The molecule has 1 aliphatic heterocycles. The van der Waals surface area contributed by atoms with Crippen molar-refractivity contribution in [2.45, 2.75) is 24.2 Å². The predicted molar refractivity (Wildman–Crippen MR) is 95.3 cm³/mol. The van der Waals surface area contributed by atoms with Crippen LogP contribution < -0.4 is 10.6 Å². The maximum absolute atomic E-state index is 11.8. The normalized spacial score (nSPS) is 17.9. The highest BCUT2D eigenvalue weighted by atomic mass is 79.9. The Morgan fingerprint density at radius 1 is 1.38 bits per heavy atom. The Morgan fingerprint density at radius 3 is 2.81 bits per heavy atom. The second-order valence-electron chi connectivity index (χ2n) is 5.07. The average Bonchev–Trinajstić information content (AvgIpc) is 2.48. The molecule has 1 amide bonds. The van der Waals surface area contributed by atoms with E-state index < -0.39 is 0 Å². The van der Waals surface area contributed by atoms with Crippen molar-refractivity contribution in [1.82, 2.24) is 10.6 Å². The van der Waals surface area contributed by atoms with E-state index >= 15 is 0 Å². The molecule has 1 atom stereocenters. The van der Waals surface area contributed by atoms with Gasteiger partial charge in [-0.2, -0.15) is 0 Å². The zero-order valence-corrected chi connectivity index (χ0v) is 15.2. The van der Waals surface area contributed by atoms with Crippen LogP contribution in [0, 0.1) is 5.92 Å². The minimum atomic E-state index is 0. The van der Waals surface area contributed by atoms with Crippen LogP contribution in [0.15, 0.2) is 33.6 Å². The largest absolute Gasteiger partial charge is 0.356 e. The summed E-state index contributed by atoms with van der Waals surface area (Å²) in [6, 6.07) is 8.19. The number of carbonyl (C=O) groups excluding carboxylic acids is 1. The van der Waals surface area contributed by atoms with E-state index in [1.165, 1.54) is 17.7 Å². The fraction of sp³-hybridized carbons (Fsp3) is 0.533. The molecule has 1 aromatic carbocycles. The molecule has 0 aliphatic carbocycles. The smallest absolute Gasteiger partial charge is 0.220 e. The number of carbonyl (C=O) groups is 1. The second kappa shape index (κ2) is 10.5. The van der Waals surface area contributed by atoms with Crippen LogP contribution in [0.4, 0.5) is 0 Å². The monoisotopic (exact) mass is 392 g/mol. The number of piperidine rings is 1. The summed E-state index contributed by atoms with van der Waals surface area (Å²) >= 11 is 5.14. The van der Waals surface area contributed by atoms with Crippen molar-refractivity contribution in [2.75, 3.05) is 25.4 Å². The summed E-state index contributed by atoms with van der Waals surface area (Å²) in [5.74, 6) is 1.60.